The Labute approximate surface area is 78.6 Å². The van der Waals surface area contributed by atoms with Gasteiger partial charge in [0, 0.05) is 40.5 Å². The molecule has 1 radical (unpaired) electrons. The van der Waals surface area contributed by atoms with Gasteiger partial charge in [-0.05, 0) is 0 Å². The van der Waals surface area contributed by atoms with Gasteiger partial charge >= 0.3 is 0 Å². The van der Waals surface area contributed by atoms with Crippen LogP contribution in [-0.2, 0) is 38.4 Å². The second-order valence-electron chi connectivity index (χ2n) is 0.519. The second-order valence-corrected chi connectivity index (χ2v) is 0.519. The zero-order chi connectivity index (χ0) is 3.58. The molecule has 73 valence electrons. The fourth-order valence-electron chi connectivity index (χ4n) is 0. The Morgan fingerprint density at radius 1 is 1.10 bits per heavy atom. The summed E-state index contributed by atoms with van der Waals surface area (Å²) < 4.78 is 0. The van der Waals surface area contributed by atoms with Crippen LogP contribution in [0.15, 0.2) is 0 Å². The van der Waals surface area contributed by atoms with Gasteiger partial charge in [-0.3, -0.25) is 4.79 Å². The molecule has 0 aliphatic heterocycles. The monoisotopic (exact) mass is 245 g/mol. The third-order valence-corrected chi connectivity index (χ3v) is 0. The number of carboxylic acids is 1. The summed E-state index contributed by atoms with van der Waals surface area (Å²) in [5, 5.41) is 7.42. The van der Waals surface area contributed by atoms with Crippen LogP contribution in [0.25, 0.3) is 0 Å². The molecule has 0 spiro atoms. The number of carboxylic acid groups (broad SMARTS) is 1. The Balaban J connectivity index is -0.00000000300. The second kappa shape index (κ2) is 58.5. The first-order valence-corrected chi connectivity index (χ1v) is 0.928. The fraction of sp³-hybridized carbons (Fsp3) is 0.500. The van der Waals surface area contributed by atoms with Gasteiger partial charge in [-0.15, -0.1) is 0 Å². The molecule has 0 aromatic rings. The minimum atomic E-state index is -0.833. The van der Waals surface area contributed by atoms with Crippen LogP contribution < -0.4 is 0 Å². The van der Waals surface area contributed by atoms with E-state index in [2.05, 4.69) is 0 Å². The summed E-state index contributed by atoms with van der Waals surface area (Å²) in [6.07, 6.45) is 0. The van der Waals surface area contributed by atoms with E-state index < -0.39 is 5.97 Å². The molecule has 0 atom stereocenters. The molecule has 0 aromatic heterocycles. The Morgan fingerprint density at radius 3 is 1.10 bits per heavy atom. The molecule has 0 bridgehead atoms. The quantitative estimate of drug-likeness (QED) is 0.445. The van der Waals surface area contributed by atoms with E-state index >= 15 is 0 Å². The molecule has 9 N–H and O–H groups in total. The molecule has 8 heteroatoms. The zero-order valence-corrected chi connectivity index (χ0v) is 7.22. The fourth-order valence-corrected chi connectivity index (χ4v) is 0. The van der Waals surface area contributed by atoms with E-state index in [0.717, 1.165) is 6.92 Å². The molecule has 0 heterocycles. The molecule has 0 rings (SSSR count). The van der Waals surface area contributed by atoms with Crippen molar-refractivity contribution in [2.75, 3.05) is 0 Å². The molecular formula is C2H12MnNiO6. The van der Waals surface area contributed by atoms with E-state index in [4.69, 9.17) is 9.90 Å². The van der Waals surface area contributed by atoms with Crippen LogP contribution in [0, 0.1) is 0 Å². The van der Waals surface area contributed by atoms with Gasteiger partial charge in [-0.2, -0.15) is 0 Å². The molecule has 0 amide bonds. The van der Waals surface area contributed by atoms with Crippen LogP contribution in [0.2, 0.25) is 0 Å². The zero-order valence-electron chi connectivity index (χ0n) is 5.05. The van der Waals surface area contributed by atoms with Crippen LogP contribution >= 0.6 is 0 Å². The van der Waals surface area contributed by atoms with E-state index in [9.17, 15) is 0 Å². The molecule has 0 saturated heterocycles. The Bertz CT molecular complexity index is 38.7. The molecule has 0 unspecified atom stereocenters. The summed E-state index contributed by atoms with van der Waals surface area (Å²) in [7, 11) is 0. The van der Waals surface area contributed by atoms with Gasteiger partial charge < -0.3 is 27.0 Å². The molecule has 0 fully saturated rings. The Kier molecular flexibility index (Phi) is 475. The van der Waals surface area contributed by atoms with Crippen LogP contribution in [0.5, 0.6) is 0 Å². The predicted molar refractivity (Wildman–Crippen MR) is 27.8 cm³/mol. The smallest absolute Gasteiger partial charge is 0.300 e. The number of hydrogen-bond acceptors (Lipinski definition) is 1. The Morgan fingerprint density at radius 2 is 1.10 bits per heavy atom. The third kappa shape index (κ3) is 4280. The summed E-state index contributed by atoms with van der Waals surface area (Å²) in [5.74, 6) is -0.833. The van der Waals surface area contributed by atoms with Gasteiger partial charge in [-0.1, -0.05) is 0 Å². The van der Waals surface area contributed by atoms with Crippen LogP contribution in [0.3, 0.4) is 0 Å². The summed E-state index contributed by atoms with van der Waals surface area (Å²) >= 11 is 0. The van der Waals surface area contributed by atoms with Crippen molar-refractivity contribution in [3.05, 3.63) is 0 Å². The normalized spacial score (nSPS) is 2.50. The molecule has 0 aromatic carbocycles. The SMILES string of the molecule is CC(=O)O.O.O.O.O.[Mn].[Ni]. The van der Waals surface area contributed by atoms with E-state index in [1.54, 1.807) is 0 Å². The number of aliphatic carboxylic acids is 1. The van der Waals surface area contributed by atoms with E-state index in [0.29, 0.717) is 0 Å². The van der Waals surface area contributed by atoms with Crippen molar-refractivity contribution in [1.29, 1.82) is 0 Å². The van der Waals surface area contributed by atoms with Gasteiger partial charge in [0.05, 0.1) is 0 Å². The van der Waals surface area contributed by atoms with Crippen molar-refractivity contribution in [2.45, 2.75) is 6.92 Å². The summed E-state index contributed by atoms with van der Waals surface area (Å²) in [6, 6.07) is 0. The van der Waals surface area contributed by atoms with Gasteiger partial charge in [0.25, 0.3) is 5.97 Å². The van der Waals surface area contributed by atoms with Gasteiger partial charge in [0.2, 0.25) is 0 Å². The first-order valence-electron chi connectivity index (χ1n) is 0.928. The molecule has 10 heavy (non-hydrogen) atoms. The van der Waals surface area contributed by atoms with Gasteiger partial charge in [-0.25, -0.2) is 0 Å². The van der Waals surface area contributed by atoms with Crippen LogP contribution in [-0.4, -0.2) is 33.0 Å². The molecule has 6 nitrogen and oxygen atoms in total. The van der Waals surface area contributed by atoms with E-state index in [1.165, 1.54) is 0 Å². The maximum Gasteiger partial charge on any atom is 0.300 e. The minimum absolute atomic E-state index is 0. The standard InChI is InChI=1S/C2H4O2.Mn.Ni.4H2O/c1-2(3)4;;;;;;/h1H3,(H,3,4);;;4*1H2. The van der Waals surface area contributed by atoms with Crippen molar-refractivity contribution >= 4 is 5.97 Å². The first-order chi connectivity index (χ1) is 1.73. The van der Waals surface area contributed by atoms with Crippen molar-refractivity contribution < 1.29 is 65.4 Å². The number of rotatable bonds is 0. The van der Waals surface area contributed by atoms with Crippen molar-refractivity contribution in [3.8, 4) is 0 Å². The van der Waals surface area contributed by atoms with Crippen LogP contribution in [0.1, 0.15) is 6.92 Å². The average Bonchev–Trinajstić information content (AvgIpc) is 0.811. The largest absolute Gasteiger partial charge is 0.481 e. The average molecular weight is 246 g/mol. The number of hydrogen-bond donors (Lipinski definition) is 1. The first kappa shape index (κ1) is 81.3. The molecule has 0 aliphatic rings. The maximum atomic E-state index is 9.00. The summed E-state index contributed by atoms with van der Waals surface area (Å²) in [5.41, 5.74) is 0. The maximum absolute atomic E-state index is 9.00. The van der Waals surface area contributed by atoms with E-state index in [1.807, 2.05) is 0 Å². The van der Waals surface area contributed by atoms with Crippen molar-refractivity contribution in [2.24, 2.45) is 0 Å². The Hall–Kier alpha value is 0.323. The van der Waals surface area contributed by atoms with Gasteiger partial charge in [0.1, 0.15) is 0 Å². The minimum Gasteiger partial charge on any atom is -0.481 e. The molecule has 0 saturated carbocycles. The van der Waals surface area contributed by atoms with Crippen molar-refractivity contribution in [1.82, 2.24) is 0 Å². The number of carbonyl (C=O) groups is 1. The summed E-state index contributed by atoms with van der Waals surface area (Å²) in [6.45, 7) is 1.08. The third-order valence-electron chi connectivity index (χ3n) is 0. The summed E-state index contributed by atoms with van der Waals surface area (Å²) in [4.78, 5) is 9.00. The topological polar surface area (TPSA) is 163 Å². The van der Waals surface area contributed by atoms with Gasteiger partial charge in [0.15, 0.2) is 0 Å². The molecule has 0 aliphatic carbocycles. The van der Waals surface area contributed by atoms with Crippen molar-refractivity contribution in [3.63, 3.8) is 0 Å². The van der Waals surface area contributed by atoms with E-state index in [-0.39, 0.29) is 55.5 Å². The molecular weight excluding hydrogens is 234 g/mol. The predicted octanol–water partition coefficient (Wildman–Crippen LogP) is -3.21. The van der Waals surface area contributed by atoms with Crippen LogP contribution in [0.4, 0.5) is 0 Å².